The van der Waals surface area contributed by atoms with E-state index in [0.29, 0.717) is 37.7 Å². The van der Waals surface area contributed by atoms with Gasteiger partial charge in [0, 0.05) is 36.3 Å². The van der Waals surface area contributed by atoms with Crippen LogP contribution in [0.15, 0.2) is 42.5 Å². The third-order valence-corrected chi connectivity index (χ3v) is 6.43. The summed E-state index contributed by atoms with van der Waals surface area (Å²) in [6.45, 7) is 13.7. The summed E-state index contributed by atoms with van der Waals surface area (Å²) >= 11 is 0. The second-order valence-corrected chi connectivity index (χ2v) is 11.3. The van der Waals surface area contributed by atoms with Crippen molar-refractivity contribution in [1.29, 1.82) is 0 Å². The number of anilines is 1. The molecule has 1 aliphatic rings. The van der Waals surface area contributed by atoms with E-state index in [1.807, 2.05) is 67.6 Å². The van der Waals surface area contributed by atoms with Crippen molar-refractivity contribution >= 4 is 17.6 Å². The van der Waals surface area contributed by atoms with Crippen molar-refractivity contribution in [3.63, 3.8) is 0 Å². The number of carbonyl (C=O) groups is 2. The number of urea groups is 1. The van der Waals surface area contributed by atoms with Crippen LogP contribution in [0.2, 0.25) is 0 Å². The third kappa shape index (κ3) is 6.78. The topological polar surface area (TPSA) is 112 Å². The normalized spacial score (nSPS) is 13.4. The van der Waals surface area contributed by atoms with E-state index in [2.05, 4.69) is 19.2 Å². The summed E-state index contributed by atoms with van der Waals surface area (Å²) in [5.74, 6) is 1.07. The zero-order valence-corrected chi connectivity index (χ0v) is 23.7. The summed E-state index contributed by atoms with van der Waals surface area (Å²) in [5, 5.41) is 7.68. The number of nitrogens with two attached hydrogens (primary N) is 1. The van der Waals surface area contributed by atoms with Crippen LogP contribution in [0.1, 0.15) is 51.4 Å². The van der Waals surface area contributed by atoms with Crippen LogP contribution in [0.5, 0.6) is 5.75 Å². The van der Waals surface area contributed by atoms with Crippen molar-refractivity contribution in [3.8, 4) is 22.7 Å². The van der Waals surface area contributed by atoms with Gasteiger partial charge in [0.1, 0.15) is 18.0 Å². The summed E-state index contributed by atoms with van der Waals surface area (Å²) in [5.41, 5.74) is 11.1. The number of benzene rings is 2. The predicted octanol–water partition coefficient (Wildman–Crippen LogP) is 5.07. The average Bonchev–Trinajstić information content (AvgIpc) is 3.23. The van der Waals surface area contributed by atoms with E-state index in [-0.39, 0.29) is 12.5 Å². The molecule has 9 heteroatoms. The van der Waals surface area contributed by atoms with Crippen LogP contribution >= 0.6 is 0 Å². The van der Waals surface area contributed by atoms with Crippen LogP contribution in [0.3, 0.4) is 0 Å². The SMILES string of the molecule is Cc1cccc(OCC(C)C)c1-n1nc2c(c1-c1ccc(NC(N)=O)cc1)CN(C(=O)COC(C)(C)C)CC2. The van der Waals surface area contributed by atoms with Gasteiger partial charge in [0.05, 0.1) is 23.6 Å². The molecule has 2 aromatic carbocycles. The number of nitrogens with one attached hydrogen (secondary N) is 1. The minimum Gasteiger partial charge on any atom is -0.491 e. The number of fused-ring (bicyclic) bond motifs is 1. The van der Waals surface area contributed by atoms with Gasteiger partial charge < -0.3 is 25.4 Å². The lowest BCUT2D eigenvalue weighted by atomic mass is 10.00. The van der Waals surface area contributed by atoms with Crippen molar-refractivity contribution in [2.45, 2.75) is 60.1 Å². The van der Waals surface area contributed by atoms with E-state index >= 15 is 0 Å². The highest BCUT2D eigenvalue weighted by molar-refractivity contribution is 5.88. The number of ether oxygens (including phenoxy) is 2. The van der Waals surface area contributed by atoms with Gasteiger partial charge in [0.15, 0.2) is 0 Å². The number of hydrogen-bond acceptors (Lipinski definition) is 5. The quantitative estimate of drug-likeness (QED) is 0.420. The van der Waals surface area contributed by atoms with Gasteiger partial charge in [-0.2, -0.15) is 5.10 Å². The Kier molecular flexibility index (Phi) is 8.30. The fraction of sp³-hybridized carbons (Fsp3) is 0.433. The Morgan fingerprint density at radius 2 is 1.85 bits per heavy atom. The monoisotopic (exact) mass is 533 g/mol. The Balaban J connectivity index is 1.80. The summed E-state index contributed by atoms with van der Waals surface area (Å²) in [6.07, 6.45) is 0.631. The van der Waals surface area contributed by atoms with Gasteiger partial charge in [-0.25, -0.2) is 9.48 Å². The first-order chi connectivity index (χ1) is 18.4. The number of aryl methyl sites for hydroxylation is 1. The minimum absolute atomic E-state index is 0.0285. The standard InChI is InChI=1S/C30H39N5O4/c1-19(2)17-38-25-9-7-8-20(3)27(25)35-28(21-10-12-22(13-11-21)32-29(31)37)23-16-34(15-14-24(23)33-35)26(36)18-39-30(4,5)6/h7-13,19H,14-18H2,1-6H3,(H3,31,32,37). The first-order valence-electron chi connectivity index (χ1n) is 13.3. The van der Waals surface area contributed by atoms with Gasteiger partial charge in [0.2, 0.25) is 5.91 Å². The highest BCUT2D eigenvalue weighted by Gasteiger charge is 2.30. The number of amides is 3. The van der Waals surface area contributed by atoms with Gasteiger partial charge in [0.25, 0.3) is 0 Å². The van der Waals surface area contributed by atoms with Crippen molar-refractivity contribution < 1.29 is 19.1 Å². The summed E-state index contributed by atoms with van der Waals surface area (Å²) < 4.78 is 14.0. The second kappa shape index (κ2) is 11.5. The molecular formula is C30H39N5O4. The molecule has 0 saturated carbocycles. The fourth-order valence-corrected chi connectivity index (χ4v) is 4.54. The number of aromatic nitrogens is 2. The predicted molar refractivity (Wildman–Crippen MR) is 152 cm³/mol. The number of para-hydroxylation sites is 1. The lowest BCUT2D eigenvalue weighted by Gasteiger charge is -2.28. The van der Waals surface area contributed by atoms with Crippen LogP contribution in [-0.2, 0) is 22.5 Å². The molecule has 0 radical (unpaired) electrons. The third-order valence-electron chi connectivity index (χ3n) is 6.43. The first kappa shape index (κ1) is 28.2. The molecule has 0 unspecified atom stereocenters. The number of nitrogens with zero attached hydrogens (tertiary/aromatic N) is 3. The molecule has 39 heavy (non-hydrogen) atoms. The van der Waals surface area contributed by atoms with Gasteiger partial charge in [-0.15, -0.1) is 0 Å². The molecule has 3 N–H and O–H groups in total. The zero-order chi connectivity index (χ0) is 28.3. The van der Waals surface area contributed by atoms with Crippen LogP contribution in [-0.4, -0.2) is 52.0 Å². The Morgan fingerprint density at radius 3 is 2.49 bits per heavy atom. The maximum Gasteiger partial charge on any atom is 0.316 e. The Hall–Kier alpha value is -3.85. The van der Waals surface area contributed by atoms with Gasteiger partial charge >= 0.3 is 6.03 Å². The van der Waals surface area contributed by atoms with Crippen molar-refractivity contribution in [2.24, 2.45) is 11.7 Å². The Labute approximate surface area is 230 Å². The molecule has 2 heterocycles. The summed E-state index contributed by atoms with van der Waals surface area (Å²) in [4.78, 5) is 26.3. The lowest BCUT2D eigenvalue weighted by molar-refractivity contribution is -0.141. The van der Waals surface area contributed by atoms with Crippen molar-refractivity contribution in [2.75, 3.05) is 25.1 Å². The number of hydrogen-bond donors (Lipinski definition) is 2. The van der Waals surface area contributed by atoms with Crippen LogP contribution in [0.4, 0.5) is 10.5 Å². The molecule has 208 valence electrons. The Bertz CT molecular complexity index is 1340. The molecular weight excluding hydrogens is 494 g/mol. The fourth-order valence-electron chi connectivity index (χ4n) is 4.54. The summed E-state index contributed by atoms with van der Waals surface area (Å²) in [7, 11) is 0. The molecule has 1 aliphatic heterocycles. The highest BCUT2D eigenvalue weighted by Crippen LogP contribution is 2.37. The molecule has 9 nitrogen and oxygen atoms in total. The van der Waals surface area contributed by atoms with Crippen LogP contribution in [0.25, 0.3) is 16.9 Å². The smallest absolute Gasteiger partial charge is 0.316 e. The van der Waals surface area contributed by atoms with Crippen LogP contribution < -0.4 is 15.8 Å². The molecule has 3 aromatic rings. The van der Waals surface area contributed by atoms with Crippen molar-refractivity contribution in [1.82, 2.24) is 14.7 Å². The second-order valence-electron chi connectivity index (χ2n) is 11.3. The van der Waals surface area contributed by atoms with E-state index in [1.165, 1.54) is 0 Å². The molecule has 0 spiro atoms. The van der Waals surface area contributed by atoms with E-state index in [0.717, 1.165) is 39.5 Å². The maximum absolute atomic E-state index is 13.1. The number of carbonyl (C=O) groups excluding carboxylic acids is 2. The molecule has 0 fully saturated rings. The average molecular weight is 534 g/mol. The highest BCUT2D eigenvalue weighted by atomic mass is 16.5. The number of primary amides is 1. The molecule has 0 saturated heterocycles. The molecule has 4 rings (SSSR count). The van der Waals surface area contributed by atoms with Gasteiger partial charge in [-0.05, 0) is 57.4 Å². The largest absolute Gasteiger partial charge is 0.491 e. The lowest BCUT2D eigenvalue weighted by Crippen LogP contribution is -2.39. The van der Waals surface area contributed by atoms with E-state index in [9.17, 15) is 9.59 Å². The maximum atomic E-state index is 13.1. The molecule has 3 amide bonds. The minimum atomic E-state index is -0.622. The van der Waals surface area contributed by atoms with E-state index < -0.39 is 11.6 Å². The Morgan fingerprint density at radius 1 is 1.13 bits per heavy atom. The van der Waals surface area contributed by atoms with Crippen molar-refractivity contribution in [3.05, 3.63) is 59.3 Å². The number of rotatable bonds is 8. The first-order valence-corrected chi connectivity index (χ1v) is 13.3. The zero-order valence-electron chi connectivity index (χ0n) is 23.7. The molecule has 0 aliphatic carbocycles. The molecule has 0 atom stereocenters. The van der Waals surface area contributed by atoms with E-state index in [4.69, 9.17) is 20.3 Å². The van der Waals surface area contributed by atoms with E-state index in [1.54, 1.807) is 12.1 Å². The van der Waals surface area contributed by atoms with Gasteiger partial charge in [-0.1, -0.05) is 38.1 Å². The molecule has 1 aromatic heterocycles. The van der Waals surface area contributed by atoms with Crippen LogP contribution in [0, 0.1) is 12.8 Å². The summed E-state index contributed by atoms with van der Waals surface area (Å²) in [6, 6.07) is 12.8. The molecule has 0 bridgehead atoms. The van der Waals surface area contributed by atoms with Gasteiger partial charge in [-0.3, -0.25) is 4.79 Å².